The highest BCUT2D eigenvalue weighted by Crippen LogP contribution is 2.21. The van der Waals surface area contributed by atoms with E-state index in [2.05, 4.69) is 0 Å². The minimum absolute atomic E-state index is 0.356. The van der Waals surface area contributed by atoms with E-state index in [4.69, 9.17) is 9.47 Å². The van der Waals surface area contributed by atoms with Crippen molar-refractivity contribution in [2.45, 2.75) is 6.92 Å². The minimum atomic E-state index is -0.356. The van der Waals surface area contributed by atoms with Crippen molar-refractivity contribution in [2.24, 2.45) is 0 Å². The largest absolute Gasteiger partial charge is 0.493 e. The van der Waals surface area contributed by atoms with E-state index in [0.717, 1.165) is 16.9 Å². The molecule has 2 aromatic rings. The number of ether oxygens (including phenoxy) is 2. The molecular formula is C18H18O3. The number of carbonyl (C=O) groups is 1. The Hall–Kier alpha value is -2.55. The molecule has 3 heteroatoms. The molecule has 2 aromatic carbocycles. The molecule has 0 N–H and O–H groups in total. The molecule has 0 saturated heterocycles. The van der Waals surface area contributed by atoms with Crippen molar-refractivity contribution in [3.05, 3.63) is 71.3 Å². The number of hydrogen-bond donors (Lipinski definition) is 0. The smallest absolute Gasteiger partial charge is 0.338 e. The molecule has 2 rings (SSSR count). The Bertz CT molecular complexity index is 630. The molecule has 0 amide bonds. The average molecular weight is 282 g/mol. The predicted molar refractivity (Wildman–Crippen MR) is 83.7 cm³/mol. The van der Waals surface area contributed by atoms with Gasteiger partial charge in [-0.25, -0.2) is 4.79 Å². The monoisotopic (exact) mass is 282 g/mol. The lowest BCUT2D eigenvalue weighted by atomic mass is 10.0. The van der Waals surface area contributed by atoms with Gasteiger partial charge in [0.2, 0.25) is 0 Å². The van der Waals surface area contributed by atoms with Crippen LogP contribution in [0.2, 0.25) is 0 Å². The zero-order valence-corrected chi connectivity index (χ0v) is 12.2. The van der Waals surface area contributed by atoms with E-state index in [1.807, 2.05) is 61.5 Å². The molecule has 3 nitrogen and oxygen atoms in total. The van der Waals surface area contributed by atoms with Gasteiger partial charge in [0, 0.05) is 5.56 Å². The lowest BCUT2D eigenvalue weighted by Crippen LogP contribution is -2.03. The molecular weight excluding hydrogens is 264 g/mol. The first-order chi connectivity index (χ1) is 10.3. The second-order valence-corrected chi connectivity index (χ2v) is 4.39. The molecule has 0 atom stereocenters. The second-order valence-electron chi connectivity index (χ2n) is 4.39. The van der Waals surface area contributed by atoms with Crippen molar-refractivity contribution in [3.8, 4) is 0 Å². The van der Waals surface area contributed by atoms with Crippen LogP contribution in [-0.2, 0) is 9.47 Å². The highest BCUT2D eigenvalue weighted by molar-refractivity contribution is 5.95. The van der Waals surface area contributed by atoms with Crippen molar-refractivity contribution in [2.75, 3.05) is 13.7 Å². The molecule has 108 valence electrons. The lowest BCUT2D eigenvalue weighted by Gasteiger charge is -2.10. The summed E-state index contributed by atoms with van der Waals surface area (Å²) in [6.07, 6.45) is 1.87. The second kappa shape index (κ2) is 7.29. The summed E-state index contributed by atoms with van der Waals surface area (Å²) < 4.78 is 10.5. The molecule has 0 aliphatic heterocycles. The van der Waals surface area contributed by atoms with Crippen LogP contribution in [0.3, 0.4) is 0 Å². The molecule has 21 heavy (non-hydrogen) atoms. The summed E-state index contributed by atoms with van der Waals surface area (Å²) in [5.74, 6) is 0.375. The molecule has 0 saturated carbocycles. The first-order valence-corrected chi connectivity index (χ1v) is 6.83. The third-order valence-electron chi connectivity index (χ3n) is 3.01. The topological polar surface area (TPSA) is 35.5 Å². The van der Waals surface area contributed by atoms with Gasteiger partial charge in [-0.2, -0.15) is 0 Å². The third-order valence-corrected chi connectivity index (χ3v) is 3.01. The Labute approximate surface area is 124 Å². The summed E-state index contributed by atoms with van der Waals surface area (Å²) >= 11 is 0. The highest BCUT2D eigenvalue weighted by atomic mass is 16.5. The summed E-state index contributed by atoms with van der Waals surface area (Å²) in [6.45, 7) is 2.49. The Morgan fingerprint density at radius 3 is 2.38 bits per heavy atom. The number of hydrogen-bond acceptors (Lipinski definition) is 3. The molecule has 0 radical (unpaired) electrons. The minimum Gasteiger partial charge on any atom is -0.493 e. The van der Waals surface area contributed by atoms with Crippen LogP contribution in [0.1, 0.15) is 28.4 Å². The van der Waals surface area contributed by atoms with Gasteiger partial charge in [0.15, 0.2) is 0 Å². The van der Waals surface area contributed by atoms with Gasteiger partial charge in [0.25, 0.3) is 0 Å². The maximum atomic E-state index is 11.8. The summed E-state index contributed by atoms with van der Waals surface area (Å²) in [7, 11) is 1.38. The van der Waals surface area contributed by atoms with Gasteiger partial charge in [-0.3, -0.25) is 0 Å². The van der Waals surface area contributed by atoms with Crippen LogP contribution in [0, 0.1) is 0 Å². The van der Waals surface area contributed by atoms with Crippen LogP contribution >= 0.6 is 0 Å². The Morgan fingerprint density at radius 1 is 1.05 bits per heavy atom. The van der Waals surface area contributed by atoms with Gasteiger partial charge in [-0.1, -0.05) is 48.5 Å². The standard InChI is InChI=1S/C18H18O3/c1-3-21-17(14-9-5-4-6-10-14)13-15-11-7-8-12-16(15)18(19)20-2/h4-13H,3H2,1-2H3/b17-13+. The molecule has 0 aliphatic carbocycles. The average Bonchev–Trinajstić information content (AvgIpc) is 2.55. The first kappa shape index (κ1) is 14.9. The quantitative estimate of drug-likeness (QED) is 0.472. The van der Waals surface area contributed by atoms with Crippen LogP contribution in [0.4, 0.5) is 0 Å². The Balaban J connectivity index is 2.46. The van der Waals surface area contributed by atoms with Crippen molar-refractivity contribution >= 4 is 17.8 Å². The van der Waals surface area contributed by atoms with E-state index in [1.165, 1.54) is 7.11 Å². The maximum absolute atomic E-state index is 11.8. The van der Waals surface area contributed by atoms with Crippen LogP contribution in [0.5, 0.6) is 0 Å². The van der Waals surface area contributed by atoms with Gasteiger partial charge < -0.3 is 9.47 Å². The maximum Gasteiger partial charge on any atom is 0.338 e. The summed E-state index contributed by atoms with van der Waals surface area (Å²) in [6, 6.07) is 17.1. The molecule has 0 aliphatic rings. The van der Waals surface area contributed by atoms with Gasteiger partial charge >= 0.3 is 5.97 Å². The highest BCUT2D eigenvalue weighted by Gasteiger charge is 2.11. The van der Waals surface area contributed by atoms with Crippen molar-refractivity contribution < 1.29 is 14.3 Å². The Morgan fingerprint density at radius 2 is 1.71 bits per heavy atom. The van der Waals surface area contributed by atoms with Gasteiger partial charge in [0.05, 0.1) is 19.3 Å². The van der Waals surface area contributed by atoms with Crippen LogP contribution in [-0.4, -0.2) is 19.7 Å². The zero-order chi connectivity index (χ0) is 15.1. The zero-order valence-electron chi connectivity index (χ0n) is 12.2. The van der Waals surface area contributed by atoms with Gasteiger partial charge in [-0.15, -0.1) is 0 Å². The number of methoxy groups -OCH3 is 1. The predicted octanol–water partition coefficient (Wildman–Crippen LogP) is 4.01. The molecule has 0 bridgehead atoms. The van der Waals surface area contributed by atoms with E-state index in [9.17, 15) is 4.79 Å². The molecule has 0 aromatic heterocycles. The SMILES string of the molecule is CCO/C(=C/c1ccccc1C(=O)OC)c1ccccc1. The molecule has 0 spiro atoms. The fourth-order valence-corrected chi connectivity index (χ4v) is 2.03. The number of esters is 1. The van der Waals surface area contributed by atoms with Crippen molar-refractivity contribution in [3.63, 3.8) is 0 Å². The number of rotatable bonds is 5. The van der Waals surface area contributed by atoms with E-state index >= 15 is 0 Å². The fraction of sp³-hybridized carbons (Fsp3) is 0.167. The van der Waals surface area contributed by atoms with Crippen LogP contribution in [0.15, 0.2) is 54.6 Å². The third kappa shape index (κ3) is 3.72. The van der Waals surface area contributed by atoms with Gasteiger partial charge in [0.1, 0.15) is 5.76 Å². The van der Waals surface area contributed by atoms with Crippen molar-refractivity contribution in [1.29, 1.82) is 0 Å². The molecule has 0 fully saturated rings. The summed E-state index contributed by atoms with van der Waals surface area (Å²) in [5.41, 5.74) is 2.27. The number of carbonyl (C=O) groups excluding carboxylic acids is 1. The lowest BCUT2D eigenvalue weighted by molar-refractivity contribution is 0.0600. The first-order valence-electron chi connectivity index (χ1n) is 6.83. The Kier molecular flexibility index (Phi) is 5.16. The van der Waals surface area contributed by atoms with E-state index in [0.29, 0.717) is 12.2 Å². The van der Waals surface area contributed by atoms with E-state index in [-0.39, 0.29) is 5.97 Å². The summed E-state index contributed by atoms with van der Waals surface area (Å²) in [4.78, 5) is 11.8. The van der Waals surface area contributed by atoms with E-state index in [1.54, 1.807) is 6.07 Å². The molecule has 0 heterocycles. The van der Waals surface area contributed by atoms with E-state index < -0.39 is 0 Å². The van der Waals surface area contributed by atoms with Gasteiger partial charge in [-0.05, 0) is 24.6 Å². The fourth-order valence-electron chi connectivity index (χ4n) is 2.03. The number of benzene rings is 2. The summed E-state index contributed by atoms with van der Waals surface area (Å²) in [5, 5.41) is 0. The van der Waals surface area contributed by atoms with Crippen LogP contribution < -0.4 is 0 Å². The normalized spacial score (nSPS) is 11.0. The molecule has 0 unspecified atom stereocenters. The van der Waals surface area contributed by atoms with Crippen molar-refractivity contribution in [1.82, 2.24) is 0 Å². The van der Waals surface area contributed by atoms with Crippen LogP contribution in [0.25, 0.3) is 11.8 Å².